The van der Waals surface area contributed by atoms with Crippen LogP contribution in [0.25, 0.3) is 0 Å². The van der Waals surface area contributed by atoms with Gasteiger partial charge in [0.2, 0.25) is 0 Å². The summed E-state index contributed by atoms with van der Waals surface area (Å²) in [5, 5.41) is 3.28. The van der Waals surface area contributed by atoms with Crippen molar-refractivity contribution in [2.45, 2.75) is 44.6 Å². The minimum absolute atomic E-state index is 0.195. The minimum atomic E-state index is 0.195. The van der Waals surface area contributed by atoms with Crippen molar-refractivity contribution in [1.82, 2.24) is 5.32 Å². The molecule has 0 radical (unpaired) electrons. The third kappa shape index (κ3) is 4.02. The van der Waals surface area contributed by atoms with E-state index in [1.54, 1.807) is 0 Å². The lowest BCUT2D eigenvalue weighted by Crippen LogP contribution is -2.59. The summed E-state index contributed by atoms with van der Waals surface area (Å²) in [6.07, 6.45) is 2.49. The van der Waals surface area contributed by atoms with Gasteiger partial charge in [-0.3, -0.25) is 0 Å². The zero-order chi connectivity index (χ0) is 13.7. The second-order valence-electron chi connectivity index (χ2n) is 4.94. The molecule has 1 fully saturated rings. The molecule has 1 aliphatic carbocycles. The predicted octanol–water partition coefficient (Wildman–Crippen LogP) is 3.12. The fraction of sp³-hybridized carbons (Fsp3) is 0.600. The van der Waals surface area contributed by atoms with Crippen LogP contribution >= 0.6 is 15.9 Å². The molecule has 1 aromatic rings. The molecule has 0 aliphatic heterocycles. The number of likely N-dealkylation sites (N-methyl/N-ethyl adjacent to an activating group) is 1. The van der Waals surface area contributed by atoms with Gasteiger partial charge in [-0.15, -0.1) is 0 Å². The average Bonchev–Trinajstić information content (AvgIpc) is 2.40. The molecule has 19 heavy (non-hydrogen) atoms. The average molecular weight is 328 g/mol. The third-order valence-corrected chi connectivity index (χ3v) is 4.04. The maximum Gasteiger partial charge on any atom is 0.0990 e. The minimum Gasteiger partial charge on any atom is -0.374 e. The van der Waals surface area contributed by atoms with E-state index >= 15 is 0 Å². The first-order chi connectivity index (χ1) is 9.24. The Hall–Kier alpha value is -0.420. The number of halogens is 1. The Bertz CT molecular complexity index is 382. The molecule has 1 N–H and O–H groups in total. The highest BCUT2D eigenvalue weighted by atomic mass is 79.9. The van der Waals surface area contributed by atoms with E-state index < -0.39 is 0 Å². The summed E-state index contributed by atoms with van der Waals surface area (Å²) in [7, 11) is 1.98. The van der Waals surface area contributed by atoms with Crippen molar-refractivity contribution in [1.29, 1.82) is 0 Å². The summed E-state index contributed by atoms with van der Waals surface area (Å²) in [5.41, 5.74) is 1.20. The van der Waals surface area contributed by atoms with E-state index in [9.17, 15) is 0 Å². The van der Waals surface area contributed by atoms with Gasteiger partial charge < -0.3 is 14.8 Å². The molecule has 0 spiro atoms. The molecular formula is C15H22BrNO2. The molecular weight excluding hydrogens is 306 g/mol. The van der Waals surface area contributed by atoms with Crippen LogP contribution in [0.15, 0.2) is 28.7 Å². The van der Waals surface area contributed by atoms with E-state index in [1.807, 2.05) is 19.2 Å². The number of hydrogen-bond donors (Lipinski definition) is 1. The van der Waals surface area contributed by atoms with Gasteiger partial charge in [0.05, 0.1) is 18.8 Å². The van der Waals surface area contributed by atoms with Crippen molar-refractivity contribution in [2.24, 2.45) is 0 Å². The number of benzene rings is 1. The number of nitrogens with one attached hydrogen (secondary N) is 1. The van der Waals surface area contributed by atoms with E-state index in [1.165, 1.54) is 5.56 Å². The summed E-state index contributed by atoms with van der Waals surface area (Å²) in [5.74, 6) is 0. The third-order valence-electron chi connectivity index (χ3n) is 3.51. The number of hydrogen-bond acceptors (Lipinski definition) is 3. The van der Waals surface area contributed by atoms with Crippen LogP contribution in [0.1, 0.15) is 25.3 Å². The van der Waals surface area contributed by atoms with Gasteiger partial charge in [-0.2, -0.15) is 0 Å². The molecule has 106 valence electrons. The summed E-state index contributed by atoms with van der Waals surface area (Å²) >= 11 is 3.44. The van der Waals surface area contributed by atoms with Gasteiger partial charge in [-0.1, -0.05) is 35.0 Å². The van der Waals surface area contributed by atoms with Gasteiger partial charge >= 0.3 is 0 Å². The number of ether oxygens (including phenoxy) is 2. The Balaban J connectivity index is 1.80. The zero-order valence-electron chi connectivity index (χ0n) is 11.6. The van der Waals surface area contributed by atoms with Gasteiger partial charge in [-0.25, -0.2) is 0 Å². The van der Waals surface area contributed by atoms with Crippen LogP contribution in [0, 0.1) is 0 Å². The zero-order valence-corrected chi connectivity index (χ0v) is 13.2. The summed E-state index contributed by atoms with van der Waals surface area (Å²) in [6.45, 7) is 3.59. The molecule has 2 rings (SSSR count). The Labute approximate surface area is 123 Å². The molecule has 0 saturated heterocycles. The second kappa shape index (κ2) is 7.39. The highest BCUT2D eigenvalue weighted by Crippen LogP contribution is 2.28. The van der Waals surface area contributed by atoms with Gasteiger partial charge in [0, 0.05) is 17.1 Å². The van der Waals surface area contributed by atoms with Crippen LogP contribution in [0.3, 0.4) is 0 Å². The molecule has 0 amide bonds. The first kappa shape index (κ1) is 15.0. The lowest BCUT2D eigenvalue weighted by atomic mass is 9.85. The Morgan fingerprint density at radius 1 is 1.26 bits per heavy atom. The van der Waals surface area contributed by atoms with Crippen molar-refractivity contribution in [3.8, 4) is 0 Å². The quantitative estimate of drug-likeness (QED) is 0.834. The van der Waals surface area contributed by atoms with E-state index in [0.717, 1.165) is 23.9 Å². The molecule has 1 saturated carbocycles. The smallest absolute Gasteiger partial charge is 0.0990 e. The molecule has 0 heterocycles. The number of rotatable bonds is 7. The van der Waals surface area contributed by atoms with Gasteiger partial charge in [0.1, 0.15) is 0 Å². The highest BCUT2D eigenvalue weighted by Gasteiger charge is 2.41. The van der Waals surface area contributed by atoms with Gasteiger partial charge in [0.25, 0.3) is 0 Å². The van der Waals surface area contributed by atoms with E-state index in [0.29, 0.717) is 12.6 Å². The first-order valence-corrected chi connectivity index (χ1v) is 7.68. The summed E-state index contributed by atoms with van der Waals surface area (Å²) < 4.78 is 12.9. The van der Waals surface area contributed by atoms with Gasteiger partial charge in [-0.05, 0) is 37.6 Å². The molecule has 1 aliphatic rings. The van der Waals surface area contributed by atoms with Crippen molar-refractivity contribution in [3.05, 3.63) is 34.3 Å². The second-order valence-corrected chi connectivity index (χ2v) is 5.86. The first-order valence-electron chi connectivity index (χ1n) is 6.89. The Morgan fingerprint density at radius 2 is 2.00 bits per heavy atom. The molecule has 0 aromatic heterocycles. The highest BCUT2D eigenvalue weighted by molar-refractivity contribution is 9.10. The summed E-state index contributed by atoms with van der Waals surface area (Å²) in [6, 6.07) is 8.68. The SMILES string of the molecule is CCCOC1C(NC)CC1OCc1ccc(Br)cc1. The monoisotopic (exact) mass is 327 g/mol. The molecule has 3 atom stereocenters. The van der Waals surface area contributed by atoms with E-state index in [2.05, 4.69) is 40.3 Å². The molecule has 0 bridgehead atoms. The van der Waals surface area contributed by atoms with Gasteiger partial charge in [0.15, 0.2) is 0 Å². The van der Waals surface area contributed by atoms with Crippen LogP contribution < -0.4 is 5.32 Å². The van der Waals surface area contributed by atoms with E-state index in [4.69, 9.17) is 9.47 Å². The van der Waals surface area contributed by atoms with Crippen molar-refractivity contribution in [3.63, 3.8) is 0 Å². The fourth-order valence-electron chi connectivity index (χ4n) is 2.29. The molecule has 3 unspecified atom stereocenters. The van der Waals surface area contributed by atoms with Crippen LogP contribution in [0.5, 0.6) is 0 Å². The maximum absolute atomic E-state index is 5.97. The van der Waals surface area contributed by atoms with Crippen molar-refractivity contribution in [2.75, 3.05) is 13.7 Å². The van der Waals surface area contributed by atoms with E-state index in [-0.39, 0.29) is 12.2 Å². The predicted molar refractivity (Wildman–Crippen MR) is 80.2 cm³/mol. The fourth-order valence-corrected chi connectivity index (χ4v) is 2.55. The van der Waals surface area contributed by atoms with Crippen LogP contribution in [-0.2, 0) is 16.1 Å². The lowest BCUT2D eigenvalue weighted by molar-refractivity contribution is -0.150. The van der Waals surface area contributed by atoms with Crippen molar-refractivity contribution >= 4 is 15.9 Å². The molecule has 4 heteroatoms. The molecule has 3 nitrogen and oxygen atoms in total. The molecule has 1 aromatic carbocycles. The normalized spacial score (nSPS) is 26.2. The van der Waals surface area contributed by atoms with Crippen LogP contribution in [0.2, 0.25) is 0 Å². The Morgan fingerprint density at radius 3 is 2.63 bits per heavy atom. The van der Waals surface area contributed by atoms with Crippen LogP contribution in [0.4, 0.5) is 0 Å². The maximum atomic E-state index is 5.97. The standard InChI is InChI=1S/C15H22BrNO2/c1-3-8-18-15-13(17-2)9-14(15)19-10-11-4-6-12(16)7-5-11/h4-7,13-15,17H,3,8-10H2,1-2H3. The lowest BCUT2D eigenvalue weighted by Gasteiger charge is -2.43. The topological polar surface area (TPSA) is 30.5 Å². The van der Waals surface area contributed by atoms with Crippen LogP contribution in [-0.4, -0.2) is 31.9 Å². The summed E-state index contributed by atoms with van der Waals surface area (Å²) in [4.78, 5) is 0. The van der Waals surface area contributed by atoms with Crippen molar-refractivity contribution < 1.29 is 9.47 Å². The Kier molecular flexibility index (Phi) is 5.82. The largest absolute Gasteiger partial charge is 0.374 e.